The highest BCUT2D eigenvalue weighted by Crippen LogP contribution is 2.35. The van der Waals surface area contributed by atoms with Crippen LogP contribution in [0.5, 0.6) is 11.5 Å². The van der Waals surface area contributed by atoms with Crippen molar-refractivity contribution >= 4 is 5.97 Å². The Morgan fingerprint density at radius 2 is 1.57 bits per heavy atom. The Bertz CT molecular complexity index is 1650. The first-order valence-corrected chi connectivity index (χ1v) is 12.1. The molecule has 0 unspecified atom stereocenters. The topological polar surface area (TPSA) is 86.5 Å². The molecule has 7 nitrogen and oxygen atoms in total. The van der Waals surface area contributed by atoms with Crippen molar-refractivity contribution in [1.82, 2.24) is 14.8 Å². The lowest BCUT2D eigenvalue weighted by atomic mass is 10.0. The van der Waals surface area contributed by atoms with Crippen molar-refractivity contribution in [3.8, 4) is 39.7 Å². The average molecular weight is 546 g/mol. The number of ether oxygens (including phenoxy) is 2. The van der Waals surface area contributed by atoms with Crippen LogP contribution in [0.2, 0.25) is 0 Å². The van der Waals surface area contributed by atoms with Gasteiger partial charge in [-0.1, -0.05) is 54.6 Å². The molecule has 0 amide bonds. The molecule has 2 heterocycles. The first kappa shape index (κ1) is 26.5. The molecule has 0 radical (unpaired) electrons. The molecule has 0 saturated carbocycles. The molecule has 0 fully saturated rings. The number of aromatic nitrogens is 3. The van der Waals surface area contributed by atoms with E-state index in [1.807, 2.05) is 48.5 Å². The molecular weight excluding hydrogens is 523 g/mol. The van der Waals surface area contributed by atoms with E-state index in [-0.39, 0.29) is 12.4 Å². The van der Waals surface area contributed by atoms with Gasteiger partial charge >= 0.3 is 12.1 Å². The molecule has 40 heavy (non-hydrogen) atoms. The number of alkyl halides is 3. The Balaban J connectivity index is 1.38. The summed E-state index contributed by atoms with van der Waals surface area (Å²) in [4.78, 5) is 15.7. The summed E-state index contributed by atoms with van der Waals surface area (Å²) in [5, 5.41) is 12.9. The number of rotatable bonds is 8. The molecule has 0 saturated heterocycles. The number of aromatic carboxylic acids is 1. The third kappa shape index (κ3) is 5.51. The van der Waals surface area contributed by atoms with Crippen molar-refractivity contribution in [2.45, 2.75) is 12.8 Å². The Hall–Kier alpha value is -5.12. The second kappa shape index (κ2) is 10.9. The zero-order chi connectivity index (χ0) is 28.3. The highest BCUT2D eigenvalue weighted by Gasteiger charge is 2.41. The van der Waals surface area contributed by atoms with E-state index in [9.17, 15) is 23.1 Å². The minimum atomic E-state index is -4.95. The first-order valence-electron chi connectivity index (χ1n) is 12.1. The minimum absolute atomic E-state index is 0.179. The number of pyridine rings is 1. The molecule has 0 aliphatic carbocycles. The molecule has 5 rings (SSSR count). The van der Waals surface area contributed by atoms with E-state index in [2.05, 4.69) is 10.1 Å². The van der Waals surface area contributed by atoms with Crippen LogP contribution >= 0.6 is 0 Å². The molecule has 2 aromatic heterocycles. The predicted molar refractivity (Wildman–Crippen MR) is 142 cm³/mol. The van der Waals surface area contributed by atoms with Gasteiger partial charge in [-0.2, -0.15) is 18.3 Å². The largest absolute Gasteiger partial charge is 0.497 e. The molecule has 0 aliphatic heterocycles. The molecule has 10 heteroatoms. The van der Waals surface area contributed by atoms with Crippen molar-refractivity contribution in [2.75, 3.05) is 7.11 Å². The maximum Gasteiger partial charge on any atom is 0.434 e. The van der Waals surface area contributed by atoms with Gasteiger partial charge < -0.3 is 14.6 Å². The van der Waals surface area contributed by atoms with Gasteiger partial charge in [0.1, 0.15) is 23.7 Å². The van der Waals surface area contributed by atoms with E-state index in [1.54, 1.807) is 37.4 Å². The van der Waals surface area contributed by atoms with Gasteiger partial charge in [-0.05, 0) is 53.1 Å². The third-order valence-electron chi connectivity index (χ3n) is 6.15. The van der Waals surface area contributed by atoms with Gasteiger partial charge in [-0.25, -0.2) is 14.5 Å². The lowest BCUT2D eigenvalue weighted by Crippen LogP contribution is -2.18. The predicted octanol–water partition coefficient (Wildman–Crippen LogP) is 6.91. The second-order valence-electron chi connectivity index (χ2n) is 8.71. The second-order valence-corrected chi connectivity index (χ2v) is 8.71. The van der Waals surface area contributed by atoms with Gasteiger partial charge in [0.2, 0.25) is 0 Å². The third-order valence-corrected chi connectivity index (χ3v) is 6.15. The van der Waals surface area contributed by atoms with Crippen LogP contribution in [0.3, 0.4) is 0 Å². The highest BCUT2D eigenvalue weighted by molar-refractivity contribution is 5.89. The Kier molecular flexibility index (Phi) is 7.24. The molecule has 3 aromatic carbocycles. The van der Waals surface area contributed by atoms with Crippen LogP contribution in [-0.4, -0.2) is 33.0 Å². The lowest BCUT2D eigenvalue weighted by molar-refractivity contribution is -0.143. The molecule has 0 spiro atoms. The van der Waals surface area contributed by atoms with Crippen LogP contribution in [-0.2, 0) is 12.8 Å². The Morgan fingerprint density at radius 3 is 2.23 bits per heavy atom. The van der Waals surface area contributed by atoms with Gasteiger partial charge in [0, 0.05) is 5.56 Å². The van der Waals surface area contributed by atoms with Gasteiger partial charge in [0.05, 0.1) is 19.0 Å². The van der Waals surface area contributed by atoms with E-state index in [4.69, 9.17) is 9.47 Å². The van der Waals surface area contributed by atoms with Crippen LogP contribution in [0.15, 0.2) is 97.2 Å². The summed E-state index contributed by atoms with van der Waals surface area (Å²) in [6, 6.07) is 27.1. The number of methoxy groups -OCH3 is 1. The fourth-order valence-electron chi connectivity index (χ4n) is 4.18. The van der Waals surface area contributed by atoms with Crippen LogP contribution in [0.25, 0.3) is 28.2 Å². The van der Waals surface area contributed by atoms with Crippen LogP contribution < -0.4 is 9.47 Å². The number of carboxylic acid groups (broad SMARTS) is 1. The molecule has 1 N–H and O–H groups in total. The summed E-state index contributed by atoms with van der Waals surface area (Å²) < 4.78 is 52.9. The number of carbonyl (C=O) groups is 1. The molecule has 202 valence electrons. The molecule has 0 aliphatic rings. The Morgan fingerprint density at radius 1 is 0.900 bits per heavy atom. The maximum atomic E-state index is 13.7. The van der Waals surface area contributed by atoms with Crippen LogP contribution in [0.4, 0.5) is 13.2 Å². The number of hydrogen-bond donors (Lipinski definition) is 1. The van der Waals surface area contributed by atoms with E-state index in [1.165, 1.54) is 12.1 Å². The number of benzene rings is 3. The van der Waals surface area contributed by atoms with Crippen molar-refractivity contribution < 1.29 is 32.5 Å². The number of carboxylic acids is 1. The molecule has 0 atom stereocenters. The number of halogens is 3. The zero-order valence-electron chi connectivity index (χ0n) is 21.1. The number of nitrogens with zero attached hydrogens (tertiary/aromatic N) is 3. The maximum absolute atomic E-state index is 13.7. The zero-order valence-corrected chi connectivity index (χ0v) is 21.1. The number of para-hydroxylation sites is 1. The SMILES string of the molecule is COc1ccc(-c2ccc(COc3ccccc3-c3cccc(-n4ncc(C(=O)O)c4C(F)(F)F)n3)cc2)cc1. The fourth-order valence-corrected chi connectivity index (χ4v) is 4.18. The van der Waals surface area contributed by atoms with Gasteiger partial charge in [-0.3, -0.25) is 0 Å². The van der Waals surface area contributed by atoms with Crippen molar-refractivity contribution in [3.63, 3.8) is 0 Å². The standard InChI is InChI=1S/C30H22F3N3O4/c1-39-22-15-13-21(14-16-22)20-11-9-19(10-12-20)18-40-26-7-3-2-5-23(26)25-6-4-8-27(35-25)36-28(30(31,32)33)24(17-34-36)29(37)38/h2-17H,18H2,1H3,(H,37,38). The van der Waals surface area contributed by atoms with E-state index in [0.29, 0.717) is 27.9 Å². The van der Waals surface area contributed by atoms with E-state index >= 15 is 0 Å². The van der Waals surface area contributed by atoms with E-state index < -0.39 is 23.4 Å². The highest BCUT2D eigenvalue weighted by atomic mass is 19.4. The van der Waals surface area contributed by atoms with Gasteiger partial charge in [0.15, 0.2) is 11.5 Å². The summed E-state index contributed by atoms with van der Waals surface area (Å²) >= 11 is 0. The molecule has 5 aromatic rings. The summed E-state index contributed by atoms with van der Waals surface area (Å²) in [5.41, 5.74) is 1.53. The van der Waals surface area contributed by atoms with Crippen molar-refractivity contribution in [2.24, 2.45) is 0 Å². The summed E-state index contributed by atoms with van der Waals surface area (Å²) in [6.07, 6.45) is -4.29. The smallest absolute Gasteiger partial charge is 0.434 e. The van der Waals surface area contributed by atoms with Crippen LogP contribution in [0, 0.1) is 0 Å². The van der Waals surface area contributed by atoms with Gasteiger partial charge in [-0.15, -0.1) is 0 Å². The lowest BCUT2D eigenvalue weighted by Gasteiger charge is -2.14. The first-order chi connectivity index (χ1) is 19.2. The monoisotopic (exact) mass is 545 g/mol. The minimum Gasteiger partial charge on any atom is -0.497 e. The summed E-state index contributed by atoms with van der Waals surface area (Å²) in [5.74, 6) is -0.649. The fraction of sp³-hybridized carbons (Fsp3) is 0.100. The van der Waals surface area contributed by atoms with Crippen molar-refractivity contribution in [3.05, 3.63) is 114 Å². The number of hydrogen-bond acceptors (Lipinski definition) is 5. The molecular formula is C30H22F3N3O4. The normalized spacial score (nSPS) is 11.3. The Labute approximate surface area is 227 Å². The average Bonchev–Trinajstić information content (AvgIpc) is 3.44. The van der Waals surface area contributed by atoms with Gasteiger partial charge in [0.25, 0.3) is 0 Å². The van der Waals surface area contributed by atoms with Crippen molar-refractivity contribution in [1.29, 1.82) is 0 Å². The quantitative estimate of drug-likeness (QED) is 0.228. The van der Waals surface area contributed by atoms with E-state index in [0.717, 1.165) is 22.4 Å². The summed E-state index contributed by atoms with van der Waals surface area (Å²) in [7, 11) is 1.62. The summed E-state index contributed by atoms with van der Waals surface area (Å²) in [6.45, 7) is 0.249. The molecule has 0 bridgehead atoms. The van der Waals surface area contributed by atoms with Crippen LogP contribution in [0.1, 0.15) is 21.6 Å².